The van der Waals surface area contributed by atoms with Crippen LogP contribution in [0.4, 0.5) is 4.39 Å². The van der Waals surface area contributed by atoms with Crippen molar-refractivity contribution < 1.29 is 4.39 Å². The molecule has 0 bridgehead atoms. The van der Waals surface area contributed by atoms with E-state index in [1.165, 1.54) is 0 Å². The molecule has 1 aromatic carbocycles. The zero-order valence-corrected chi connectivity index (χ0v) is 13.2. The van der Waals surface area contributed by atoms with Gasteiger partial charge in [0.25, 0.3) is 0 Å². The molecule has 1 aromatic rings. The molecule has 1 aliphatic rings. The molecule has 0 unspecified atom stereocenters. The van der Waals surface area contributed by atoms with Crippen molar-refractivity contribution in [3.8, 4) is 0 Å². The van der Waals surface area contributed by atoms with Crippen LogP contribution in [-0.4, -0.2) is 31.1 Å². The molecule has 0 aliphatic carbocycles. The first-order valence-corrected chi connectivity index (χ1v) is 7.81. The van der Waals surface area contributed by atoms with Gasteiger partial charge in [0.2, 0.25) is 0 Å². The van der Waals surface area contributed by atoms with E-state index in [4.69, 9.17) is 0 Å². The summed E-state index contributed by atoms with van der Waals surface area (Å²) in [7, 11) is 0. The maximum atomic E-state index is 14.1. The lowest BCUT2D eigenvalue weighted by Crippen LogP contribution is -2.45. The Kier molecular flexibility index (Phi) is 5.78. The molecule has 1 N–H and O–H groups in total. The minimum absolute atomic E-state index is 0.0898. The zero-order chi connectivity index (χ0) is 13.7. The van der Waals surface area contributed by atoms with Crippen molar-refractivity contribution in [1.82, 2.24) is 10.2 Å². The number of halogens is 2. The molecule has 104 valence electrons. The summed E-state index contributed by atoms with van der Waals surface area (Å²) in [5.41, 5.74) is 0.829. The Balaban J connectivity index is 2.24. The lowest BCUT2D eigenvalue weighted by Gasteiger charge is -2.35. The van der Waals surface area contributed by atoms with E-state index >= 15 is 0 Å². The van der Waals surface area contributed by atoms with E-state index in [1.54, 1.807) is 6.07 Å². The van der Waals surface area contributed by atoms with E-state index < -0.39 is 0 Å². The highest BCUT2D eigenvalue weighted by Gasteiger charge is 2.24. The number of nitrogens with one attached hydrogen (secondary N) is 1. The van der Waals surface area contributed by atoms with Crippen molar-refractivity contribution in [2.24, 2.45) is 0 Å². The number of allylic oxidation sites excluding steroid dienone is 1. The lowest BCUT2D eigenvalue weighted by molar-refractivity contribution is 0.163. The summed E-state index contributed by atoms with van der Waals surface area (Å²) >= 11 is 2.25. The number of piperazine rings is 1. The number of hydrogen-bond donors (Lipinski definition) is 1. The summed E-state index contributed by atoms with van der Waals surface area (Å²) in [6.45, 7) is 7.71. The van der Waals surface area contributed by atoms with Crippen molar-refractivity contribution in [3.05, 3.63) is 45.8 Å². The monoisotopic (exact) mass is 374 g/mol. The Labute approximate surface area is 128 Å². The van der Waals surface area contributed by atoms with Crippen LogP contribution in [-0.2, 0) is 0 Å². The van der Waals surface area contributed by atoms with Crippen molar-refractivity contribution in [2.45, 2.75) is 18.9 Å². The van der Waals surface area contributed by atoms with Gasteiger partial charge in [-0.3, -0.25) is 4.90 Å². The quantitative estimate of drug-likeness (QED) is 0.628. The van der Waals surface area contributed by atoms with Gasteiger partial charge in [-0.1, -0.05) is 6.08 Å². The smallest absolute Gasteiger partial charge is 0.128 e. The van der Waals surface area contributed by atoms with E-state index in [0.29, 0.717) is 0 Å². The minimum Gasteiger partial charge on any atom is -0.314 e. The number of rotatable bonds is 5. The first kappa shape index (κ1) is 14.9. The lowest BCUT2D eigenvalue weighted by atomic mass is 9.99. The van der Waals surface area contributed by atoms with Gasteiger partial charge in [-0.25, -0.2) is 4.39 Å². The van der Waals surface area contributed by atoms with Crippen molar-refractivity contribution in [2.75, 3.05) is 26.2 Å². The summed E-state index contributed by atoms with van der Waals surface area (Å²) < 4.78 is 15.2. The molecule has 0 spiro atoms. The van der Waals surface area contributed by atoms with E-state index in [9.17, 15) is 4.39 Å². The topological polar surface area (TPSA) is 15.3 Å². The predicted octanol–water partition coefficient (Wildman–Crippen LogP) is 3.34. The molecule has 2 nitrogen and oxygen atoms in total. The average Bonchev–Trinajstić information content (AvgIpc) is 2.44. The normalized spacial score (nSPS) is 18.2. The molecule has 4 heteroatoms. The highest BCUT2D eigenvalue weighted by atomic mass is 127. The van der Waals surface area contributed by atoms with Crippen molar-refractivity contribution in [3.63, 3.8) is 0 Å². The second-order valence-corrected chi connectivity index (χ2v) is 6.08. The Morgan fingerprint density at radius 3 is 2.84 bits per heavy atom. The van der Waals surface area contributed by atoms with Crippen LogP contribution in [0.25, 0.3) is 0 Å². The molecular weight excluding hydrogens is 354 g/mol. The molecule has 1 fully saturated rings. The zero-order valence-electron chi connectivity index (χ0n) is 11.0. The van der Waals surface area contributed by atoms with Gasteiger partial charge in [0.1, 0.15) is 5.82 Å². The van der Waals surface area contributed by atoms with E-state index in [2.05, 4.69) is 39.4 Å². The Bertz CT molecular complexity index is 430. The van der Waals surface area contributed by atoms with Gasteiger partial charge in [-0.05, 0) is 53.6 Å². The van der Waals surface area contributed by atoms with E-state index in [0.717, 1.165) is 48.2 Å². The van der Waals surface area contributed by atoms with E-state index in [1.807, 2.05) is 18.2 Å². The van der Waals surface area contributed by atoms with Crippen LogP contribution in [0.1, 0.15) is 24.4 Å². The fourth-order valence-electron chi connectivity index (χ4n) is 2.57. The van der Waals surface area contributed by atoms with Crippen LogP contribution in [0.3, 0.4) is 0 Å². The third-order valence-corrected chi connectivity index (χ3v) is 4.22. The fraction of sp³-hybridized carbons (Fsp3) is 0.467. The Morgan fingerprint density at radius 1 is 1.42 bits per heavy atom. The van der Waals surface area contributed by atoms with Gasteiger partial charge < -0.3 is 5.32 Å². The molecule has 2 rings (SSSR count). The molecule has 0 saturated carbocycles. The largest absolute Gasteiger partial charge is 0.314 e. The maximum absolute atomic E-state index is 14.1. The van der Waals surface area contributed by atoms with Gasteiger partial charge in [0, 0.05) is 41.4 Å². The third kappa shape index (κ3) is 4.00. The molecule has 1 saturated heterocycles. The summed E-state index contributed by atoms with van der Waals surface area (Å²) in [5.74, 6) is -0.0898. The van der Waals surface area contributed by atoms with Gasteiger partial charge >= 0.3 is 0 Å². The second-order valence-electron chi connectivity index (χ2n) is 4.83. The standard InChI is InChI=1S/C15H20FIN2/c1-2-3-4-15(19-9-7-18-8-10-19)13-11-12(17)5-6-14(13)16/h2,5-6,11,15,18H,1,3-4,7-10H2/t15-/m0/s1. The van der Waals surface area contributed by atoms with Gasteiger partial charge in [0.05, 0.1) is 0 Å². The van der Waals surface area contributed by atoms with Crippen LogP contribution in [0.5, 0.6) is 0 Å². The summed E-state index contributed by atoms with van der Waals surface area (Å²) in [6.07, 6.45) is 3.76. The average molecular weight is 374 g/mol. The van der Waals surface area contributed by atoms with Gasteiger partial charge in [0.15, 0.2) is 0 Å². The van der Waals surface area contributed by atoms with Crippen LogP contribution in [0.2, 0.25) is 0 Å². The second kappa shape index (κ2) is 7.36. The van der Waals surface area contributed by atoms with Crippen molar-refractivity contribution >= 4 is 22.6 Å². The van der Waals surface area contributed by atoms with Gasteiger partial charge in [-0.15, -0.1) is 6.58 Å². The first-order chi connectivity index (χ1) is 9.22. The van der Waals surface area contributed by atoms with Crippen LogP contribution >= 0.6 is 22.6 Å². The molecule has 0 aromatic heterocycles. The summed E-state index contributed by atoms with van der Waals surface area (Å²) in [6, 6.07) is 5.54. The van der Waals surface area contributed by atoms with E-state index in [-0.39, 0.29) is 11.9 Å². The predicted molar refractivity (Wildman–Crippen MR) is 85.7 cm³/mol. The van der Waals surface area contributed by atoms with Crippen molar-refractivity contribution in [1.29, 1.82) is 0 Å². The molecule has 19 heavy (non-hydrogen) atoms. The summed E-state index contributed by atoms with van der Waals surface area (Å²) in [4.78, 5) is 2.38. The van der Waals surface area contributed by atoms with Crippen LogP contribution in [0.15, 0.2) is 30.9 Å². The minimum atomic E-state index is -0.0898. The van der Waals surface area contributed by atoms with Crippen LogP contribution in [0, 0.1) is 9.39 Å². The molecule has 1 heterocycles. The highest BCUT2D eigenvalue weighted by molar-refractivity contribution is 14.1. The molecule has 0 radical (unpaired) electrons. The molecular formula is C15H20FIN2. The first-order valence-electron chi connectivity index (χ1n) is 6.73. The number of benzene rings is 1. The summed E-state index contributed by atoms with van der Waals surface area (Å²) in [5, 5.41) is 3.35. The molecule has 1 aliphatic heterocycles. The Morgan fingerprint density at radius 2 is 2.16 bits per heavy atom. The van der Waals surface area contributed by atoms with Crippen LogP contribution < -0.4 is 5.32 Å². The fourth-order valence-corrected chi connectivity index (χ4v) is 3.09. The SMILES string of the molecule is C=CCC[C@@H](c1cc(I)ccc1F)N1CCNCC1. The third-order valence-electron chi connectivity index (χ3n) is 3.55. The maximum Gasteiger partial charge on any atom is 0.128 e. The highest BCUT2D eigenvalue weighted by Crippen LogP contribution is 2.29. The number of nitrogens with zero attached hydrogens (tertiary/aromatic N) is 1. The number of hydrogen-bond acceptors (Lipinski definition) is 2. The molecule has 1 atom stereocenters. The molecule has 0 amide bonds. The Hall–Kier alpha value is -0.460. The van der Waals surface area contributed by atoms with Gasteiger partial charge in [-0.2, -0.15) is 0 Å².